The van der Waals surface area contributed by atoms with Crippen molar-refractivity contribution in [1.29, 1.82) is 0 Å². The van der Waals surface area contributed by atoms with E-state index < -0.39 is 0 Å². The van der Waals surface area contributed by atoms with Crippen LogP contribution in [-0.2, 0) is 10.2 Å². The van der Waals surface area contributed by atoms with Gasteiger partial charge in [0.2, 0.25) is 0 Å². The number of morpholine rings is 1. The number of benzene rings is 3. The van der Waals surface area contributed by atoms with Crippen molar-refractivity contribution in [2.24, 2.45) is 0 Å². The summed E-state index contributed by atoms with van der Waals surface area (Å²) in [5, 5.41) is 12.0. The Bertz CT molecular complexity index is 1470. The van der Waals surface area contributed by atoms with E-state index in [1.165, 1.54) is 24.1 Å². The number of fused-ring (bicyclic) bond motifs is 3. The van der Waals surface area contributed by atoms with Crippen LogP contribution in [0.25, 0.3) is 22.2 Å². The fourth-order valence-electron chi connectivity index (χ4n) is 6.97. The molecule has 3 fully saturated rings. The van der Waals surface area contributed by atoms with E-state index in [9.17, 15) is 4.79 Å². The molecule has 1 aromatic heterocycles. The number of aromatic nitrogens is 2. The van der Waals surface area contributed by atoms with E-state index in [4.69, 9.17) is 4.74 Å². The van der Waals surface area contributed by atoms with Crippen molar-refractivity contribution in [2.45, 2.75) is 43.2 Å². The van der Waals surface area contributed by atoms with Gasteiger partial charge in [-0.05, 0) is 81.7 Å². The lowest BCUT2D eigenvalue weighted by Crippen LogP contribution is -2.48. The van der Waals surface area contributed by atoms with Crippen LogP contribution in [0.1, 0.15) is 41.6 Å². The highest BCUT2D eigenvalue weighted by atomic mass is 16.5. The van der Waals surface area contributed by atoms with Gasteiger partial charge in [-0.1, -0.05) is 42.5 Å². The molecule has 0 saturated carbocycles. The van der Waals surface area contributed by atoms with Gasteiger partial charge < -0.3 is 19.9 Å². The van der Waals surface area contributed by atoms with E-state index in [1.807, 2.05) is 18.2 Å². The molecule has 4 aromatic rings. The van der Waals surface area contributed by atoms with Gasteiger partial charge >= 0.3 is 0 Å². The Morgan fingerprint density at radius 1 is 1.00 bits per heavy atom. The number of amides is 1. The number of anilines is 1. The maximum atomic E-state index is 13.5. The predicted molar refractivity (Wildman–Crippen MR) is 159 cm³/mol. The molecule has 0 aliphatic carbocycles. The second-order valence-electron chi connectivity index (χ2n) is 11.8. The van der Waals surface area contributed by atoms with E-state index in [-0.39, 0.29) is 11.3 Å². The van der Waals surface area contributed by atoms with E-state index >= 15 is 0 Å². The van der Waals surface area contributed by atoms with Crippen molar-refractivity contribution < 1.29 is 9.53 Å². The molecule has 40 heavy (non-hydrogen) atoms. The number of hydrogen-bond acceptors (Lipinski definition) is 5. The highest BCUT2D eigenvalue weighted by Gasteiger charge is 2.38. The number of H-pyrrole nitrogens is 1. The number of carbonyl (C=O) groups excluding carboxylic acids is 1. The second-order valence-corrected chi connectivity index (χ2v) is 11.8. The molecule has 3 aliphatic heterocycles. The van der Waals surface area contributed by atoms with Gasteiger partial charge in [0.15, 0.2) is 0 Å². The highest BCUT2D eigenvalue weighted by Crippen LogP contribution is 2.37. The number of ether oxygens (including phenoxy) is 1. The molecule has 1 amide bonds. The average Bonchev–Trinajstić information content (AvgIpc) is 3.54. The van der Waals surface area contributed by atoms with Gasteiger partial charge in [-0.15, -0.1) is 0 Å². The molecule has 3 aromatic carbocycles. The minimum Gasteiger partial charge on any atom is -0.377 e. The summed E-state index contributed by atoms with van der Waals surface area (Å²) < 4.78 is 5.76. The van der Waals surface area contributed by atoms with Crippen LogP contribution in [0.3, 0.4) is 0 Å². The number of hydrogen-bond donors (Lipinski definition) is 2. The third kappa shape index (κ3) is 4.57. The Balaban J connectivity index is 1.11. The maximum absolute atomic E-state index is 13.5. The average molecular weight is 536 g/mol. The minimum atomic E-state index is -0.0456. The fourth-order valence-corrected chi connectivity index (χ4v) is 6.97. The largest absolute Gasteiger partial charge is 0.377 e. The Labute approximate surface area is 235 Å². The third-order valence-corrected chi connectivity index (χ3v) is 9.42. The van der Waals surface area contributed by atoms with Crippen LogP contribution in [0.2, 0.25) is 0 Å². The Kier molecular flexibility index (Phi) is 6.56. The van der Waals surface area contributed by atoms with Crippen LogP contribution < -0.4 is 10.2 Å². The van der Waals surface area contributed by atoms with Crippen LogP contribution >= 0.6 is 0 Å². The number of rotatable bonds is 6. The highest BCUT2D eigenvalue weighted by molar-refractivity contribution is 6.01. The second kappa shape index (κ2) is 10.4. The SMILES string of the molecule is CN1CCC(CNC(=O)c2ccc3[nH]nc(-c4ccc(N5[C@@H]6CC[C@H]5COC6)cc4)c3c2)(c2ccccc2)CC1. The summed E-state index contributed by atoms with van der Waals surface area (Å²) in [6.07, 6.45) is 4.46. The summed E-state index contributed by atoms with van der Waals surface area (Å²) in [6, 6.07) is 26.2. The number of nitrogens with zero attached hydrogens (tertiary/aromatic N) is 3. The van der Waals surface area contributed by atoms with E-state index in [0.29, 0.717) is 24.2 Å². The van der Waals surface area contributed by atoms with Crippen molar-refractivity contribution >= 4 is 22.5 Å². The zero-order valence-electron chi connectivity index (χ0n) is 23.1. The van der Waals surface area contributed by atoms with Crippen molar-refractivity contribution in [3.8, 4) is 11.3 Å². The first kappa shape index (κ1) is 25.3. The minimum absolute atomic E-state index is 0.0403. The quantitative estimate of drug-likeness (QED) is 0.364. The molecule has 0 radical (unpaired) electrons. The molecule has 0 spiro atoms. The van der Waals surface area contributed by atoms with Crippen LogP contribution in [-0.4, -0.2) is 73.0 Å². The number of carbonyl (C=O) groups is 1. The van der Waals surface area contributed by atoms with Crippen molar-refractivity contribution in [3.05, 3.63) is 83.9 Å². The van der Waals surface area contributed by atoms with Crippen LogP contribution in [0, 0.1) is 0 Å². The third-order valence-electron chi connectivity index (χ3n) is 9.42. The number of aromatic amines is 1. The van der Waals surface area contributed by atoms with Gasteiger partial charge in [-0.3, -0.25) is 9.89 Å². The number of nitrogens with one attached hydrogen (secondary N) is 2. The van der Waals surface area contributed by atoms with Crippen molar-refractivity contribution in [2.75, 3.05) is 44.8 Å². The zero-order chi connectivity index (χ0) is 27.1. The molecule has 3 aliphatic rings. The van der Waals surface area contributed by atoms with Crippen molar-refractivity contribution in [3.63, 3.8) is 0 Å². The zero-order valence-corrected chi connectivity index (χ0v) is 23.1. The molecule has 4 heterocycles. The normalized spacial score (nSPS) is 22.5. The molecule has 7 rings (SSSR count). The lowest BCUT2D eigenvalue weighted by molar-refractivity contribution is 0.0906. The molecule has 2 N–H and O–H groups in total. The number of likely N-dealkylation sites (tertiary alicyclic amines) is 1. The monoisotopic (exact) mass is 535 g/mol. The summed E-state index contributed by atoms with van der Waals surface area (Å²) in [5.41, 5.74) is 6.02. The Hall–Kier alpha value is -3.68. The molecule has 2 bridgehead atoms. The first-order chi connectivity index (χ1) is 19.6. The van der Waals surface area contributed by atoms with E-state index in [1.54, 1.807) is 0 Å². The van der Waals surface area contributed by atoms with E-state index in [0.717, 1.165) is 61.3 Å². The van der Waals surface area contributed by atoms with E-state index in [2.05, 4.69) is 87.0 Å². The predicted octanol–water partition coefficient (Wildman–Crippen LogP) is 4.99. The molecule has 7 heteroatoms. The molecular formula is C33H37N5O2. The maximum Gasteiger partial charge on any atom is 0.251 e. The summed E-state index contributed by atoms with van der Waals surface area (Å²) >= 11 is 0. The fraction of sp³-hybridized carbons (Fsp3) is 0.394. The molecular weight excluding hydrogens is 498 g/mol. The Morgan fingerprint density at radius 2 is 1.73 bits per heavy atom. The Morgan fingerprint density at radius 3 is 2.45 bits per heavy atom. The summed E-state index contributed by atoms with van der Waals surface area (Å²) in [6.45, 7) is 4.32. The van der Waals surface area contributed by atoms with Gasteiger partial charge in [0.25, 0.3) is 5.91 Å². The van der Waals surface area contributed by atoms with Crippen molar-refractivity contribution in [1.82, 2.24) is 20.4 Å². The van der Waals surface area contributed by atoms with Crippen LogP contribution in [0.5, 0.6) is 0 Å². The summed E-state index contributed by atoms with van der Waals surface area (Å²) in [5.74, 6) is -0.0403. The number of piperidine rings is 1. The topological polar surface area (TPSA) is 73.5 Å². The van der Waals surface area contributed by atoms with Gasteiger partial charge in [-0.2, -0.15) is 5.10 Å². The van der Waals surface area contributed by atoms with Gasteiger partial charge in [0, 0.05) is 34.2 Å². The first-order valence-electron chi connectivity index (χ1n) is 14.6. The van der Waals surface area contributed by atoms with Crippen LogP contribution in [0.15, 0.2) is 72.8 Å². The van der Waals surface area contributed by atoms with Gasteiger partial charge in [-0.25, -0.2) is 0 Å². The van der Waals surface area contributed by atoms with Gasteiger partial charge in [0.05, 0.1) is 36.5 Å². The standard InChI is InChI=1S/C33H37N5O2/c1-37-17-15-33(16-18-37,25-5-3-2-4-6-25)22-34-32(39)24-9-14-30-29(19-24)31(36-35-30)23-7-10-26(11-8-23)38-27-12-13-28(38)21-40-20-27/h2-11,14,19,27-28H,12-13,15-18,20-22H2,1H3,(H,34,39)(H,35,36)/t27-,28+. The molecule has 2 atom stereocenters. The molecule has 3 saturated heterocycles. The molecule has 7 nitrogen and oxygen atoms in total. The first-order valence-corrected chi connectivity index (χ1v) is 14.6. The molecule has 0 unspecified atom stereocenters. The summed E-state index contributed by atoms with van der Waals surface area (Å²) in [4.78, 5) is 18.4. The summed E-state index contributed by atoms with van der Waals surface area (Å²) in [7, 11) is 2.17. The van der Waals surface area contributed by atoms with Crippen LogP contribution in [0.4, 0.5) is 5.69 Å². The lowest BCUT2D eigenvalue weighted by atomic mass is 9.72. The smallest absolute Gasteiger partial charge is 0.251 e. The van der Waals surface area contributed by atoms with Gasteiger partial charge in [0.1, 0.15) is 0 Å². The molecule has 206 valence electrons. The lowest BCUT2D eigenvalue weighted by Gasteiger charge is -2.41.